The fourth-order valence-electron chi connectivity index (χ4n) is 2.84. The van der Waals surface area contributed by atoms with Crippen LogP contribution in [0, 0.1) is 6.92 Å². The summed E-state index contributed by atoms with van der Waals surface area (Å²) in [5, 5.41) is 17.8. The molecule has 0 aliphatic heterocycles. The molecule has 2 N–H and O–H groups in total. The Labute approximate surface area is 179 Å². The van der Waals surface area contributed by atoms with E-state index < -0.39 is 12.1 Å². The van der Waals surface area contributed by atoms with Crippen LogP contribution in [-0.2, 0) is 11.8 Å². The second-order valence-electron chi connectivity index (χ2n) is 6.51. The fraction of sp³-hybridized carbons (Fsp3) is 0.150. The number of rotatable bonds is 3. The SMILES string of the molecule is Cc1nc2cc(C(=O)Nc3cnn(C)n3)ccc2n1-c1ccccc1.O=C(O)C(F)(F)F. The molecule has 1 amide bonds. The highest BCUT2D eigenvalue weighted by atomic mass is 19.4. The maximum atomic E-state index is 12.4. The van der Waals surface area contributed by atoms with Gasteiger partial charge in [-0.3, -0.25) is 9.36 Å². The van der Waals surface area contributed by atoms with Crippen molar-refractivity contribution in [2.24, 2.45) is 7.05 Å². The van der Waals surface area contributed by atoms with Crippen LogP contribution in [0.2, 0.25) is 0 Å². The zero-order chi connectivity index (χ0) is 23.5. The van der Waals surface area contributed by atoms with E-state index in [1.54, 1.807) is 19.2 Å². The number of carbonyl (C=O) groups is 2. The summed E-state index contributed by atoms with van der Waals surface area (Å²) in [6.45, 7) is 1.95. The van der Waals surface area contributed by atoms with Gasteiger partial charge in [0.15, 0.2) is 5.82 Å². The average Bonchev–Trinajstić information content (AvgIpc) is 3.29. The maximum Gasteiger partial charge on any atom is 0.490 e. The zero-order valence-electron chi connectivity index (χ0n) is 16.8. The van der Waals surface area contributed by atoms with E-state index in [2.05, 4.69) is 25.1 Å². The van der Waals surface area contributed by atoms with E-state index in [1.165, 1.54) is 11.0 Å². The first kappa shape index (κ1) is 22.5. The lowest BCUT2D eigenvalue weighted by Gasteiger charge is -2.07. The molecule has 0 bridgehead atoms. The third-order valence-electron chi connectivity index (χ3n) is 4.18. The minimum atomic E-state index is -5.08. The molecule has 12 heteroatoms. The smallest absolute Gasteiger partial charge is 0.475 e. The van der Waals surface area contributed by atoms with Crippen molar-refractivity contribution in [2.75, 3.05) is 5.32 Å². The number of hydrogen-bond donors (Lipinski definition) is 2. The molecule has 2 aromatic carbocycles. The quantitative estimate of drug-likeness (QED) is 0.499. The number of halogens is 3. The Kier molecular flexibility index (Phi) is 6.23. The van der Waals surface area contributed by atoms with Gasteiger partial charge in [0, 0.05) is 18.3 Å². The Morgan fingerprint density at radius 3 is 2.31 bits per heavy atom. The highest BCUT2D eigenvalue weighted by Gasteiger charge is 2.38. The van der Waals surface area contributed by atoms with Crippen molar-refractivity contribution in [3.63, 3.8) is 0 Å². The van der Waals surface area contributed by atoms with Crippen LogP contribution < -0.4 is 5.32 Å². The number of nitrogens with zero attached hydrogens (tertiary/aromatic N) is 5. The van der Waals surface area contributed by atoms with Crippen LogP contribution in [0.25, 0.3) is 16.7 Å². The number of aryl methyl sites for hydroxylation is 2. The number of imidazole rings is 1. The number of aromatic nitrogens is 5. The van der Waals surface area contributed by atoms with E-state index in [-0.39, 0.29) is 5.91 Å². The van der Waals surface area contributed by atoms with Gasteiger partial charge in [0.05, 0.1) is 17.2 Å². The van der Waals surface area contributed by atoms with Crippen molar-refractivity contribution in [1.29, 1.82) is 0 Å². The monoisotopic (exact) mass is 446 g/mol. The number of fused-ring (bicyclic) bond motifs is 1. The summed E-state index contributed by atoms with van der Waals surface area (Å²) in [7, 11) is 1.70. The first-order chi connectivity index (χ1) is 15.1. The van der Waals surface area contributed by atoms with Crippen molar-refractivity contribution in [3.8, 4) is 5.69 Å². The number of carboxylic acid groups (broad SMARTS) is 1. The topological polar surface area (TPSA) is 115 Å². The molecule has 0 spiro atoms. The number of carboxylic acids is 1. The van der Waals surface area contributed by atoms with Crippen molar-refractivity contribution >= 4 is 28.7 Å². The standard InChI is InChI=1S/C18H16N6O.C2HF3O2/c1-12-20-15-10-13(18(25)21-17-11-19-23(2)22-17)8-9-16(15)24(12)14-6-4-3-5-7-14;3-2(4,5)1(6)7/h3-11H,1-2H3,(H,21,22,25);(H,6,7). The summed E-state index contributed by atoms with van der Waals surface area (Å²) in [5.74, 6) is -1.71. The van der Waals surface area contributed by atoms with Gasteiger partial charge in [-0.25, -0.2) is 9.78 Å². The Hall–Kier alpha value is -4.22. The molecule has 0 aliphatic rings. The summed E-state index contributed by atoms with van der Waals surface area (Å²) < 4.78 is 33.8. The first-order valence-corrected chi connectivity index (χ1v) is 9.08. The molecule has 166 valence electrons. The lowest BCUT2D eigenvalue weighted by molar-refractivity contribution is -0.192. The molecule has 4 rings (SSSR count). The lowest BCUT2D eigenvalue weighted by atomic mass is 10.2. The van der Waals surface area contributed by atoms with E-state index in [9.17, 15) is 18.0 Å². The maximum absolute atomic E-state index is 12.4. The molecule has 9 nitrogen and oxygen atoms in total. The van der Waals surface area contributed by atoms with E-state index in [0.29, 0.717) is 11.4 Å². The molecule has 0 atom stereocenters. The molecule has 2 heterocycles. The van der Waals surface area contributed by atoms with E-state index in [0.717, 1.165) is 22.5 Å². The van der Waals surface area contributed by atoms with Crippen LogP contribution in [0.5, 0.6) is 0 Å². The van der Waals surface area contributed by atoms with Crippen molar-refractivity contribution in [3.05, 3.63) is 66.1 Å². The van der Waals surface area contributed by atoms with Gasteiger partial charge in [-0.05, 0) is 37.3 Å². The van der Waals surface area contributed by atoms with Crippen LogP contribution in [0.15, 0.2) is 54.7 Å². The molecule has 2 aromatic heterocycles. The number of hydrogen-bond acceptors (Lipinski definition) is 5. The van der Waals surface area contributed by atoms with Crippen LogP contribution >= 0.6 is 0 Å². The number of aliphatic carboxylic acids is 1. The minimum absolute atomic E-state index is 0.241. The summed E-state index contributed by atoms with van der Waals surface area (Å²) in [6, 6.07) is 15.5. The molecule has 4 aromatic rings. The molecular weight excluding hydrogens is 429 g/mol. The summed E-state index contributed by atoms with van der Waals surface area (Å²) >= 11 is 0. The predicted octanol–water partition coefficient (Wildman–Crippen LogP) is 3.35. The molecule has 0 fully saturated rings. The normalized spacial score (nSPS) is 11.0. The second kappa shape index (κ2) is 8.88. The van der Waals surface area contributed by atoms with Gasteiger partial charge >= 0.3 is 12.1 Å². The summed E-state index contributed by atoms with van der Waals surface area (Å²) in [4.78, 5) is 27.3. The van der Waals surface area contributed by atoms with Crippen LogP contribution in [0.4, 0.5) is 19.0 Å². The van der Waals surface area contributed by atoms with Crippen molar-refractivity contribution in [2.45, 2.75) is 13.1 Å². The minimum Gasteiger partial charge on any atom is -0.475 e. The molecular formula is C20H17F3N6O3. The van der Waals surface area contributed by atoms with Crippen LogP contribution in [0.1, 0.15) is 16.2 Å². The lowest BCUT2D eigenvalue weighted by Crippen LogP contribution is -2.21. The number of carbonyl (C=O) groups excluding carboxylic acids is 1. The highest BCUT2D eigenvalue weighted by Crippen LogP contribution is 2.22. The first-order valence-electron chi connectivity index (χ1n) is 9.08. The van der Waals surface area contributed by atoms with Crippen molar-refractivity contribution in [1.82, 2.24) is 24.5 Å². The van der Waals surface area contributed by atoms with Crippen molar-refractivity contribution < 1.29 is 27.9 Å². The van der Waals surface area contributed by atoms with Gasteiger partial charge in [0.25, 0.3) is 5.91 Å². The van der Waals surface area contributed by atoms with Gasteiger partial charge in [0.1, 0.15) is 5.82 Å². The second-order valence-corrected chi connectivity index (χ2v) is 6.51. The Bertz CT molecular complexity index is 1260. The highest BCUT2D eigenvalue weighted by molar-refractivity contribution is 6.05. The fourth-order valence-corrected chi connectivity index (χ4v) is 2.84. The number of para-hydroxylation sites is 1. The van der Waals surface area contributed by atoms with Crippen LogP contribution in [0.3, 0.4) is 0 Å². The Balaban J connectivity index is 0.000000360. The van der Waals surface area contributed by atoms with Gasteiger partial charge in [-0.1, -0.05) is 18.2 Å². The zero-order valence-corrected chi connectivity index (χ0v) is 16.8. The van der Waals surface area contributed by atoms with E-state index in [4.69, 9.17) is 9.90 Å². The molecule has 0 unspecified atom stereocenters. The third kappa shape index (κ3) is 5.09. The average molecular weight is 446 g/mol. The Morgan fingerprint density at radius 1 is 1.09 bits per heavy atom. The predicted molar refractivity (Wildman–Crippen MR) is 108 cm³/mol. The van der Waals surface area contributed by atoms with Gasteiger partial charge in [-0.15, -0.1) is 5.10 Å². The van der Waals surface area contributed by atoms with Gasteiger partial charge in [-0.2, -0.15) is 23.1 Å². The number of benzene rings is 2. The van der Waals surface area contributed by atoms with Crippen LogP contribution in [-0.4, -0.2) is 47.7 Å². The van der Waals surface area contributed by atoms with E-state index >= 15 is 0 Å². The molecule has 0 radical (unpaired) electrons. The summed E-state index contributed by atoms with van der Waals surface area (Å²) in [5.41, 5.74) is 3.29. The largest absolute Gasteiger partial charge is 0.490 e. The number of amides is 1. The molecule has 0 saturated heterocycles. The number of nitrogens with one attached hydrogen (secondary N) is 1. The third-order valence-corrected chi connectivity index (χ3v) is 4.18. The van der Waals surface area contributed by atoms with E-state index in [1.807, 2.05) is 43.3 Å². The number of anilines is 1. The number of alkyl halides is 3. The molecule has 0 aliphatic carbocycles. The molecule has 0 saturated carbocycles. The summed E-state index contributed by atoms with van der Waals surface area (Å²) in [6.07, 6.45) is -3.58. The van der Waals surface area contributed by atoms with Gasteiger partial charge in [0.2, 0.25) is 0 Å². The Morgan fingerprint density at radius 2 is 1.75 bits per heavy atom. The molecule has 32 heavy (non-hydrogen) atoms. The van der Waals surface area contributed by atoms with Gasteiger partial charge < -0.3 is 10.4 Å².